The van der Waals surface area contributed by atoms with Gasteiger partial charge in [0.2, 0.25) is 0 Å². The maximum absolute atomic E-state index is 11.3. The molecule has 2 heterocycles. The first-order chi connectivity index (χ1) is 9.72. The van der Waals surface area contributed by atoms with Gasteiger partial charge in [0.15, 0.2) is 6.61 Å². The lowest BCUT2D eigenvalue weighted by molar-refractivity contribution is -0.118. The average Bonchev–Trinajstić information content (AvgIpc) is 2.93. The van der Waals surface area contributed by atoms with E-state index in [9.17, 15) is 4.79 Å². The number of anilines is 3. The highest BCUT2D eigenvalue weighted by molar-refractivity contribution is 7.07. The fraction of sp³-hybridized carbons (Fsp3) is 0.231. The molecule has 7 heteroatoms. The summed E-state index contributed by atoms with van der Waals surface area (Å²) in [7, 11) is 0. The molecule has 2 aromatic rings. The van der Waals surface area contributed by atoms with Crippen molar-refractivity contribution < 1.29 is 9.53 Å². The molecule has 1 aliphatic rings. The van der Waals surface area contributed by atoms with Gasteiger partial charge in [0.1, 0.15) is 5.75 Å². The summed E-state index contributed by atoms with van der Waals surface area (Å²) in [5, 5.41) is 8.03. The molecule has 1 amide bonds. The van der Waals surface area contributed by atoms with Crippen molar-refractivity contribution in [1.29, 1.82) is 0 Å². The fourth-order valence-electron chi connectivity index (χ4n) is 1.98. The average molecular weight is 290 g/mol. The number of fused-ring (bicyclic) bond motifs is 1. The SMILES string of the molecule is Nc1cc2c(cc1NCCc1cscn1)NC(=O)CO2. The maximum Gasteiger partial charge on any atom is 0.262 e. The van der Waals surface area contributed by atoms with Gasteiger partial charge in [0.25, 0.3) is 5.91 Å². The Morgan fingerprint density at radius 2 is 2.40 bits per heavy atom. The highest BCUT2D eigenvalue weighted by Crippen LogP contribution is 2.35. The molecule has 0 saturated carbocycles. The molecule has 0 radical (unpaired) electrons. The minimum absolute atomic E-state index is 0.0308. The number of hydrogen-bond donors (Lipinski definition) is 3. The molecule has 0 aliphatic carbocycles. The van der Waals surface area contributed by atoms with E-state index < -0.39 is 0 Å². The minimum atomic E-state index is -0.157. The molecule has 1 aliphatic heterocycles. The first kappa shape index (κ1) is 12.7. The van der Waals surface area contributed by atoms with Crippen LogP contribution in [-0.2, 0) is 11.2 Å². The normalized spacial score (nSPS) is 13.3. The molecule has 6 nitrogen and oxygen atoms in total. The first-order valence-corrected chi connectivity index (χ1v) is 7.14. The van der Waals surface area contributed by atoms with Crippen molar-refractivity contribution in [3.8, 4) is 5.75 Å². The van der Waals surface area contributed by atoms with Crippen LogP contribution in [0.15, 0.2) is 23.0 Å². The summed E-state index contributed by atoms with van der Waals surface area (Å²) in [5.41, 5.74) is 10.9. The van der Waals surface area contributed by atoms with Gasteiger partial charge < -0.3 is 21.1 Å². The second-order valence-corrected chi connectivity index (χ2v) is 5.15. The molecule has 0 bridgehead atoms. The monoisotopic (exact) mass is 290 g/mol. The standard InChI is InChI=1S/C13H14N4O2S/c14-9-3-12-11(17-13(18)5-19-12)4-10(9)15-2-1-8-6-20-7-16-8/h3-4,6-7,15H,1-2,5,14H2,(H,17,18). The highest BCUT2D eigenvalue weighted by Gasteiger charge is 2.17. The molecule has 104 valence electrons. The topological polar surface area (TPSA) is 89.3 Å². The summed E-state index contributed by atoms with van der Waals surface area (Å²) in [5.74, 6) is 0.447. The summed E-state index contributed by atoms with van der Waals surface area (Å²) >= 11 is 1.58. The molecule has 0 saturated heterocycles. The van der Waals surface area contributed by atoms with E-state index in [1.54, 1.807) is 23.5 Å². The number of ether oxygens (including phenoxy) is 1. The van der Waals surface area contributed by atoms with E-state index in [-0.39, 0.29) is 12.5 Å². The first-order valence-electron chi connectivity index (χ1n) is 6.19. The second-order valence-electron chi connectivity index (χ2n) is 4.43. The Hall–Kier alpha value is -2.28. The Morgan fingerprint density at radius 3 is 3.20 bits per heavy atom. The van der Waals surface area contributed by atoms with Gasteiger partial charge in [0.05, 0.1) is 28.3 Å². The lowest BCUT2D eigenvalue weighted by atomic mass is 10.2. The van der Waals surface area contributed by atoms with Crippen molar-refractivity contribution in [3.05, 3.63) is 28.7 Å². The predicted octanol–water partition coefficient (Wildman–Crippen LogP) is 1.71. The number of nitrogen functional groups attached to an aromatic ring is 1. The van der Waals surface area contributed by atoms with Gasteiger partial charge in [0, 0.05) is 24.4 Å². The van der Waals surface area contributed by atoms with Crippen LogP contribution < -0.4 is 21.1 Å². The number of nitrogens with zero attached hydrogens (tertiary/aromatic N) is 1. The summed E-state index contributed by atoms with van der Waals surface area (Å²) in [6, 6.07) is 3.52. The highest BCUT2D eigenvalue weighted by atomic mass is 32.1. The Morgan fingerprint density at radius 1 is 1.50 bits per heavy atom. The quantitative estimate of drug-likeness (QED) is 0.746. The van der Waals surface area contributed by atoms with Crippen LogP contribution in [0.5, 0.6) is 5.75 Å². The number of rotatable bonds is 4. The maximum atomic E-state index is 11.3. The molecule has 20 heavy (non-hydrogen) atoms. The fourth-order valence-corrected chi connectivity index (χ4v) is 2.57. The molecule has 0 fully saturated rings. The van der Waals surface area contributed by atoms with Gasteiger partial charge in [-0.1, -0.05) is 0 Å². The van der Waals surface area contributed by atoms with E-state index in [1.165, 1.54) is 0 Å². The van der Waals surface area contributed by atoms with Crippen LogP contribution in [-0.4, -0.2) is 24.0 Å². The Balaban J connectivity index is 1.69. The zero-order chi connectivity index (χ0) is 13.9. The molecule has 4 N–H and O–H groups in total. The number of hydrogen-bond acceptors (Lipinski definition) is 6. The number of aromatic nitrogens is 1. The number of nitrogens with one attached hydrogen (secondary N) is 2. The van der Waals surface area contributed by atoms with Crippen molar-refractivity contribution >= 4 is 34.3 Å². The van der Waals surface area contributed by atoms with Crippen molar-refractivity contribution in [2.75, 3.05) is 29.5 Å². The van der Waals surface area contributed by atoms with Crippen molar-refractivity contribution in [2.45, 2.75) is 6.42 Å². The van der Waals surface area contributed by atoms with Gasteiger partial charge >= 0.3 is 0 Å². The minimum Gasteiger partial charge on any atom is -0.482 e. The zero-order valence-corrected chi connectivity index (χ0v) is 11.5. The smallest absolute Gasteiger partial charge is 0.262 e. The Kier molecular flexibility index (Phi) is 3.42. The Labute approximate surface area is 120 Å². The van der Waals surface area contributed by atoms with E-state index in [0.29, 0.717) is 17.1 Å². The summed E-state index contributed by atoms with van der Waals surface area (Å²) in [6.07, 6.45) is 0.822. The van der Waals surface area contributed by atoms with Crippen LogP contribution in [0.3, 0.4) is 0 Å². The molecule has 3 rings (SSSR count). The largest absolute Gasteiger partial charge is 0.482 e. The molecule has 1 aromatic carbocycles. The molecule has 0 unspecified atom stereocenters. The van der Waals surface area contributed by atoms with E-state index in [4.69, 9.17) is 10.5 Å². The lowest BCUT2D eigenvalue weighted by Gasteiger charge is -2.20. The van der Waals surface area contributed by atoms with Gasteiger partial charge in [-0.2, -0.15) is 0 Å². The van der Waals surface area contributed by atoms with Gasteiger partial charge in [-0.3, -0.25) is 4.79 Å². The molecule has 0 spiro atoms. The lowest BCUT2D eigenvalue weighted by Crippen LogP contribution is -2.25. The van der Waals surface area contributed by atoms with Gasteiger partial charge in [-0.25, -0.2) is 4.98 Å². The van der Waals surface area contributed by atoms with E-state index in [0.717, 1.165) is 24.3 Å². The van der Waals surface area contributed by atoms with E-state index in [1.807, 2.05) is 10.9 Å². The van der Waals surface area contributed by atoms with Crippen LogP contribution in [0.2, 0.25) is 0 Å². The van der Waals surface area contributed by atoms with Gasteiger partial charge in [-0.05, 0) is 6.07 Å². The third kappa shape index (κ3) is 2.67. The number of carbonyl (C=O) groups is 1. The predicted molar refractivity (Wildman–Crippen MR) is 79.3 cm³/mol. The van der Waals surface area contributed by atoms with Crippen molar-refractivity contribution in [3.63, 3.8) is 0 Å². The van der Waals surface area contributed by atoms with Crippen LogP contribution in [0, 0.1) is 0 Å². The third-order valence-corrected chi connectivity index (χ3v) is 3.60. The van der Waals surface area contributed by atoms with Crippen LogP contribution in [0.1, 0.15) is 5.69 Å². The molecular formula is C13H14N4O2S. The summed E-state index contributed by atoms with van der Waals surface area (Å²) < 4.78 is 5.31. The number of carbonyl (C=O) groups excluding carboxylic acids is 1. The van der Waals surface area contributed by atoms with E-state index >= 15 is 0 Å². The summed E-state index contributed by atoms with van der Waals surface area (Å²) in [4.78, 5) is 15.5. The van der Waals surface area contributed by atoms with Crippen LogP contribution >= 0.6 is 11.3 Å². The van der Waals surface area contributed by atoms with Crippen molar-refractivity contribution in [2.24, 2.45) is 0 Å². The number of benzene rings is 1. The van der Waals surface area contributed by atoms with E-state index in [2.05, 4.69) is 15.6 Å². The molecule has 0 atom stereocenters. The molecular weight excluding hydrogens is 276 g/mol. The van der Waals surface area contributed by atoms with Gasteiger partial charge in [-0.15, -0.1) is 11.3 Å². The number of nitrogens with two attached hydrogens (primary N) is 1. The second kappa shape index (κ2) is 5.38. The number of thiazole rings is 1. The van der Waals surface area contributed by atoms with Crippen molar-refractivity contribution in [1.82, 2.24) is 4.98 Å². The van der Waals surface area contributed by atoms with Crippen LogP contribution in [0.4, 0.5) is 17.1 Å². The van der Waals surface area contributed by atoms with Crippen LogP contribution in [0.25, 0.3) is 0 Å². The number of amides is 1. The zero-order valence-electron chi connectivity index (χ0n) is 10.7. The molecule has 1 aromatic heterocycles. The summed E-state index contributed by atoms with van der Waals surface area (Å²) in [6.45, 7) is 0.755. The Bertz CT molecular complexity index is 628. The third-order valence-electron chi connectivity index (χ3n) is 2.96.